The van der Waals surface area contributed by atoms with Crippen LogP contribution >= 0.6 is 0 Å². The number of hydrogen-bond donors (Lipinski definition) is 2. The lowest BCUT2D eigenvalue weighted by atomic mass is 10.5. The molecule has 14 heavy (non-hydrogen) atoms. The van der Waals surface area contributed by atoms with Crippen molar-refractivity contribution in [3.8, 4) is 0 Å². The molecule has 0 aliphatic heterocycles. The molecule has 0 fully saturated rings. The van der Waals surface area contributed by atoms with Crippen molar-refractivity contribution in [1.82, 2.24) is 5.32 Å². The van der Waals surface area contributed by atoms with Gasteiger partial charge in [-0.1, -0.05) is 0 Å². The molecule has 86 valence electrons. The number of ether oxygens (including phenoxy) is 1. The van der Waals surface area contributed by atoms with E-state index >= 15 is 0 Å². The standard InChI is InChI=1S/C8H19NO4S/c1-14(11,12)8-2-3-9-4-6-13-7-5-10/h9-10H,2-8H2,1H3. The summed E-state index contributed by atoms with van der Waals surface area (Å²) in [6.45, 7) is 2.29. The molecule has 5 nitrogen and oxygen atoms in total. The summed E-state index contributed by atoms with van der Waals surface area (Å²) < 4.78 is 26.4. The molecule has 6 heteroatoms. The highest BCUT2D eigenvalue weighted by molar-refractivity contribution is 7.90. The molecule has 0 aromatic rings. The SMILES string of the molecule is CS(=O)(=O)CCCNCCOCCO. The molecule has 0 saturated carbocycles. The van der Waals surface area contributed by atoms with Crippen LogP contribution in [-0.4, -0.2) is 58.4 Å². The molecule has 0 aromatic carbocycles. The number of rotatable bonds is 9. The Balaban J connectivity index is 3.07. The van der Waals surface area contributed by atoms with Crippen molar-refractivity contribution in [1.29, 1.82) is 0 Å². The molecule has 0 saturated heterocycles. The van der Waals surface area contributed by atoms with Gasteiger partial charge in [0.25, 0.3) is 0 Å². The third-order valence-corrected chi connectivity index (χ3v) is 2.56. The number of sulfone groups is 1. The molecular weight excluding hydrogens is 206 g/mol. The normalized spacial score (nSPS) is 11.9. The van der Waals surface area contributed by atoms with E-state index in [4.69, 9.17) is 9.84 Å². The van der Waals surface area contributed by atoms with Crippen LogP contribution in [0.4, 0.5) is 0 Å². The van der Waals surface area contributed by atoms with Crippen LogP contribution in [0.5, 0.6) is 0 Å². The van der Waals surface area contributed by atoms with Crippen LogP contribution in [0.2, 0.25) is 0 Å². The molecule has 0 atom stereocenters. The number of aliphatic hydroxyl groups is 1. The lowest BCUT2D eigenvalue weighted by Gasteiger charge is -2.04. The molecule has 0 aliphatic rings. The van der Waals surface area contributed by atoms with E-state index in [0.717, 1.165) is 0 Å². The molecule has 0 spiro atoms. The van der Waals surface area contributed by atoms with Gasteiger partial charge < -0.3 is 15.2 Å². The van der Waals surface area contributed by atoms with Crippen LogP contribution in [0.15, 0.2) is 0 Å². The first-order chi connectivity index (χ1) is 6.56. The molecular formula is C8H19NO4S. The maximum absolute atomic E-state index is 10.7. The third kappa shape index (κ3) is 11.8. The Morgan fingerprint density at radius 3 is 2.57 bits per heavy atom. The Morgan fingerprint density at radius 1 is 1.29 bits per heavy atom. The third-order valence-electron chi connectivity index (χ3n) is 1.53. The minimum atomic E-state index is -2.83. The highest BCUT2D eigenvalue weighted by Gasteiger charge is 1.99. The Kier molecular flexibility index (Phi) is 8.07. The monoisotopic (exact) mass is 225 g/mol. The summed E-state index contributed by atoms with van der Waals surface area (Å²) in [7, 11) is -2.83. The van der Waals surface area contributed by atoms with Crippen molar-refractivity contribution in [3.05, 3.63) is 0 Å². The van der Waals surface area contributed by atoms with Crippen LogP contribution in [0, 0.1) is 0 Å². The summed E-state index contributed by atoms with van der Waals surface area (Å²) in [5.41, 5.74) is 0. The molecule has 0 unspecified atom stereocenters. The van der Waals surface area contributed by atoms with Gasteiger partial charge in [0.1, 0.15) is 9.84 Å². The average molecular weight is 225 g/mol. The van der Waals surface area contributed by atoms with Gasteiger partial charge >= 0.3 is 0 Å². The van der Waals surface area contributed by atoms with Gasteiger partial charge in [-0.05, 0) is 13.0 Å². The largest absolute Gasteiger partial charge is 0.394 e. The van der Waals surface area contributed by atoms with E-state index < -0.39 is 9.84 Å². The summed E-state index contributed by atoms with van der Waals surface area (Å²) >= 11 is 0. The summed E-state index contributed by atoms with van der Waals surface area (Å²) in [5.74, 6) is 0.220. The summed E-state index contributed by atoms with van der Waals surface area (Å²) in [6.07, 6.45) is 1.86. The van der Waals surface area contributed by atoms with Gasteiger partial charge in [-0.25, -0.2) is 8.42 Å². The molecule has 0 heterocycles. The highest BCUT2D eigenvalue weighted by Crippen LogP contribution is 1.86. The molecule has 2 N–H and O–H groups in total. The first kappa shape index (κ1) is 13.8. The molecule has 0 bridgehead atoms. The van der Waals surface area contributed by atoms with Crippen LogP contribution in [0.1, 0.15) is 6.42 Å². The minimum Gasteiger partial charge on any atom is -0.394 e. The fourth-order valence-electron chi connectivity index (χ4n) is 0.895. The maximum atomic E-state index is 10.7. The van der Waals surface area contributed by atoms with Crippen molar-refractivity contribution >= 4 is 9.84 Å². The van der Waals surface area contributed by atoms with Crippen molar-refractivity contribution < 1.29 is 18.3 Å². The first-order valence-corrected chi connectivity index (χ1v) is 6.69. The molecule has 0 amide bonds. The summed E-state index contributed by atoms with van der Waals surface area (Å²) in [4.78, 5) is 0. The summed E-state index contributed by atoms with van der Waals surface area (Å²) in [6, 6.07) is 0. The summed E-state index contributed by atoms with van der Waals surface area (Å²) in [5, 5.41) is 11.4. The van der Waals surface area contributed by atoms with Crippen molar-refractivity contribution in [3.63, 3.8) is 0 Å². The van der Waals surface area contributed by atoms with Crippen LogP contribution in [0.25, 0.3) is 0 Å². The molecule has 0 aliphatic carbocycles. The lowest BCUT2D eigenvalue weighted by Crippen LogP contribution is -2.23. The molecule has 0 rings (SSSR count). The second-order valence-corrected chi connectivity index (χ2v) is 5.33. The number of nitrogens with one attached hydrogen (secondary N) is 1. The van der Waals surface area contributed by atoms with Crippen LogP contribution in [-0.2, 0) is 14.6 Å². The van der Waals surface area contributed by atoms with E-state index in [2.05, 4.69) is 5.32 Å². The average Bonchev–Trinajstić information content (AvgIpc) is 2.08. The fraction of sp³-hybridized carbons (Fsp3) is 1.00. The van der Waals surface area contributed by atoms with E-state index in [-0.39, 0.29) is 12.4 Å². The number of hydrogen-bond acceptors (Lipinski definition) is 5. The van der Waals surface area contributed by atoms with Gasteiger partial charge in [-0.2, -0.15) is 0 Å². The second kappa shape index (κ2) is 8.16. The van der Waals surface area contributed by atoms with Crippen LogP contribution < -0.4 is 5.32 Å². The predicted molar refractivity (Wildman–Crippen MR) is 55.1 cm³/mol. The lowest BCUT2D eigenvalue weighted by molar-refractivity contribution is 0.0940. The quantitative estimate of drug-likeness (QED) is 0.493. The van der Waals surface area contributed by atoms with Crippen LogP contribution in [0.3, 0.4) is 0 Å². The van der Waals surface area contributed by atoms with Gasteiger partial charge in [-0.3, -0.25) is 0 Å². The van der Waals surface area contributed by atoms with Gasteiger partial charge in [0.05, 0.1) is 25.6 Å². The highest BCUT2D eigenvalue weighted by atomic mass is 32.2. The van der Waals surface area contributed by atoms with E-state index in [0.29, 0.717) is 32.7 Å². The van der Waals surface area contributed by atoms with Gasteiger partial charge in [0.2, 0.25) is 0 Å². The topological polar surface area (TPSA) is 75.6 Å². The zero-order chi connectivity index (χ0) is 10.9. The van der Waals surface area contributed by atoms with Crippen molar-refractivity contribution in [2.45, 2.75) is 6.42 Å². The Labute approximate surface area is 85.4 Å². The van der Waals surface area contributed by atoms with Gasteiger partial charge in [0, 0.05) is 12.8 Å². The van der Waals surface area contributed by atoms with E-state index in [1.165, 1.54) is 6.26 Å². The zero-order valence-corrected chi connectivity index (χ0v) is 9.35. The first-order valence-electron chi connectivity index (χ1n) is 4.63. The number of aliphatic hydroxyl groups excluding tert-OH is 1. The van der Waals surface area contributed by atoms with E-state index in [1.807, 2.05) is 0 Å². The van der Waals surface area contributed by atoms with Crippen molar-refractivity contribution in [2.75, 3.05) is 44.9 Å². The Hall–Kier alpha value is -0.170. The minimum absolute atomic E-state index is 0.0358. The van der Waals surface area contributed by atoms with Gasteiger partial charge in [0.15, 0.2) is 0 Å². The van der Waals surface area contributed by atoms with E-state index in [1.54, 1.807) is 0 Å². The Bertz CT molecular complexity index is 215. The molecule has 0 radical (unpaired) electrons. The van der Waals surface area contributed by atoms with E-state index in [9.17, 15) is 8.42 Å². The zero-order valence-electron chi connectivity index (χ0n) is 8.53. The fourth-order valence-corrected chi connectivity index (χ4v) is 1.56. The van der Waals surface area contributed by atoms with Gasteiger partial charge in [-0.15, -0.1) is 0 Å². The smallest absolute Gasteiger partial charge is 0.147 e. The molecule has 0 aromatic heterocycles. The van der Waals surface area contributed by atoms with Crippen molar-refractivity contribution in [2.24, 2.45) is 0 Å². The maximum Gasteiger partial charge on any atom is 0.147 e. The second-order valence-electron chi connectivity index (χ2n) is 3.07. The Morgan fingerprint density at radius 2 is 2.00 bits per heavy atom. The predicted octanol–water partition coefficient (Wildman–Crippen LogP) is -0.980.